The van der Waals surface area contributed by atoms with Crippen LogP contribution in [0.5, 0.6) is 0 Å². The van der Waals surface area contributed by atoms with E-state index in [4.69, 9.17) is 10.8 Å². The molecule has 0 radical (unpaired) electrons. The summed E-state index contributed by atoms with van der Waals surface area (Å²) in [6, 6.07) is 10.4. The summed E-state index contributed by atoms with van der Waals surface area (Å²) in [5.74, 6) is -1.98. The van der Waals surface area contributed by atoms with E-state index in [0.717, 1.165) is 5.56 Å². The summed E-state index contributed by atoms with van der Waals surface area (Å²) in [4.78, 5) is 22.7. The number of carbonyl (C=O) groups excluding carboxylic acids is 1. The van der Waals surface area contributed by atoms with E-state index in [1.807, 2.05) is 0 Å². The van der Waals surface area contributed by atoms with Crippen LogP contribution in [0, 0.1) is 5.82 Å². The Bertz CT molecular complexity index is 913. The third-order valence-electron chi connectivity index (χ3n) is 3.66. The second-order valence-electron chi connectivity index (χ2n) is 5.20. The molecule has 0 saturated carbocycles. The quantitative estimate of drug-likeness (QED) is 0.776. The van der Waals surface area contributed by atoms with E-state index in [2.05, 4.69) is 0 Å². The van der Waals surface area contributed by atoms with E-state index in [1.54, 1.807) is 29.0 Å². The highest BCUT2D eigenvalue weighted by Crippen LogP contribution is 2.24. The lowest BCUT2D eigenvalue weighted by Crippen LogP contribution is -2.10. The molecule has 6 heteroatoms. The molecule has 23 heavy (non-hydrogen) atoms. The number of aromatic nitrogens is 1. The summed E-state index contributed by atoms with van der Waals surface area (Å²) in [6.45, 7) is 0.368. The maximum atomic E-state index is 13.0. The highest BCUT2D eigenvalue weighted by atomic mass is 19.1. The van der Waals surface area contributed by atoms with Crippen LogP contribution >= 0.6 is 0 Å². The lowest BCUT2D eigenvalue weighted by Gasteiger charge is -2.06. The molecule has 1 aromatic heterocycles. The Morgan fingerprint density at radius 3 is 2.43 bits per heavy atom. The van der Waals surface area contributed by atoms with Crippen molar-refractivity contribution in [1.82, 2.24) is 4.57 Å². The highest BCUT2D eigenvalue weighted by molar-refractivity contribution is 6.07. The average Bonchev–Trinajstić information content (AvgIpc) is 2.88. The molecule has 0 atom stereocenters. The van der Waals surface area contributed by atoms with E-state index >= 15 is 0 Å². The van der Waals surface area contributed by atoms with Gasteiger partial charge in [-0.15, -0.1) is 0 Å². The fourth-order valence-electron chi connectivity index (χ4n) is 2.54. The molecular weight excluding hydrogens is 299 g/mol. The van der Waals surface area contributed by atoms with E-state index in [-0.39, 0.29) is 11.4 Å². The number of carboxylic acid groups (broad SMARTS) is 1. The van der Waals surface area contributed by atoms with Gasteiger partial charge in [0.05, 0.1) is 11.1 Å². The van der Waals surface area contributed by atoms with Gasteiger partial charge in [0.2, 0.25) is 0 Å². The minimum Gasteiger partial charge on any atom is -0.478 e. The number of hydrogen-bond acceptors (Lipinski definition) is 2. The monoisotopic (exact) mass is 312 g/mol. The Balaban J connectivity index is 2.14. The van der Waals surface area contributed by atoms with Gasteiger partial charge in [-0.25, -0.2) is 9.18 Å². The summed E-state index contributed by atoms with van der Waals surface area (Å²) in [5, 5.41) is 9.72. The zero-order valence-electron chi connectivity index (χ0n) is 12.0. The van der Waals surface area contributed by atoms with E-state index in [9.17, 15) is 14.0 Å². The summed E-state index contributed by atoms with van der Waals surface area (Å²) >= 11 is 0. The molecule has 3 rings (SSSR count). The first kappa shape index (κ1) is 14.8. The molecule has 3 N–H and O–H groups in total. The Kier molecular flexibility index (Phi) is 3.57. The van der Waals surface area contributed by atoms with Crippen molar-refractivity contribution in [2.75, 3.05) is 0 Å². The van der Waals surface area contributed by atoms with Gasteiger partial charge in [0, 0.05) is 23.6 Å². The predicted octanol–water partition coefficient (Wildman–Crippen LogP) is 2.63. The summed E-state index contributed by atoms with van der Waals surface area (Å²) in [6.07, 6.45) is 1.59. The topological polar surface area (TPSA) is 85.3 Å². The number of primary amides is 1. The van der Waals surface area contributed by atoms with Crippen LogP contribution in [0.3, 0.4) is 0 Å². The number of nitrogens with zero attached hydrogens (tertiary/aromatic N) is 1. The molecule has 0 fully saturated rings. The van der Waals surface area contributed by atoms with Gasteiger partial charge in [0.15, 0.2) is 0 Å². The molecule has 0 aliphatic carbocycles. The van der Waals surface area contributed by atoms with Crippen LogP contribution in [0.1, 0.15) is 26.3 Å². The molecule has 1 amide bonds. The Morgan fingerprint density at radius 2 is 1.83 bits per heavy atom. The van der Waals surface area contributed by atoms with E-state index in [1.165, 1.54) is 24.3 Å². The third kappa shape index (κ3) is 2.78. The van der Waals surface area contributed by atoms with Gasteiger partial charge in [-0.2, -0.15) is 0 Å². The first-order valence-electron chi connectivity index (χ1n) is 6.86. The van der Waals surface area contributed by atoms with E-state index in [0.29, 0.717) is 23.0 Å². The van der Waals surface area contributed by atoms with Crippen LogP contribution in [-0.2, 0) is 6.54 Å². The number of nitrogens with two attached hydrogens (primary N) is 1. The molecule has 1 heterocycles. The third-order valence-corrected chi connectivity index (χ3v) is 3.66. The Labute approximate surface area is 130 Å². The first-order chi connectivity index (χ1) is 11.0. The van der Waals surface area contributed by atoms with Crippen molar-refractivity contribution in [2.45, 2.75) is 6.54 Å². The standard InChI is InChI=1S/C17H13FN2O3/c18-12-4-1-10(2-5-12)8-20-9-14(16(19)21)13-6-3-11(17(22)23)7-15(13)20/h1-7,9H,8H2,(H2,19,21)(H,22,23). The largest absolute Gasteiger partial charge is 0.478 e. The normalized spacial score (nSPS) is 10.8. The van der Waals surface area contributed by atoms with Crippen molar-refractivity contribution in [1.29, 1.82) is 0 Å². The molecule has 5 nitrogen and oxygen atoms in total. The zero-order valence-corrected chi connectivity index (χ0v) is 12.0. The summed E-state index contributed by atoms with van der Waals surface area (Å²) < 4.78 is 14.7. The molecule has 2 aromatic carbocycles. The maximum Gasteiger partial charge on any atom is 0.335 e. The number of carbonyl (C=O) groups is 2. The van der Waals surface area contributed by atoms with Crippen molar-refractivity contribution in [2.24, 2.45) is 5.73 Å². The van der Waals surface area contributed by atoms with Crippen LogP contribution in [0.2, 0.25) is 0 Å². The minimum absolute atomic E-state index is 0.118. The number of amides is 1. The van der Waals surface area contributed by atoms with Crippen molar-refractivity contribution in [3.8, 4) is 0 Å². The zero-order chi connectivity index (χ0) is 16.6. The summed E-state index contributed by atoms with van der Waals surface area (Å²) in [5.41, 5.74) is 7.23. The van der Waals surface area contributed by atoms with Gasteiger partial charge in [0.25, 0.3) is 5.91 Å². The smallest absolute Gasteiger partial charge is 0.335 e. The number of halogens is 1. The number of hydrogen-bond donors (Lipinski definition) is 2. The SMILES string of the molecule is NC(=O)c1cn(Cc2ccc(F)cc2)c2cc(C(=O)O)ccc12. The van der Waals surface area contributed by atoms with E-state index < -0.39 is 11.9 Å². The van der Waals surface area contributed by atoms with Crippen LogP contribution < -0.4 is 5.73 Å². The molecule has 0 unspecified atom stereocenters. The van der Waals surface area contributed by atoms with Crippen LogP contribution in [-0.4, -0.2) is 21.6 Å². The predicted molar refractivity (Wildman–Crippen MR) is 82.9 cm³/mol. The van der Waals surface area contributed by atoms with Crippen molar-refractivity contribution in [3.05, 3.63) is 71.2 Å². The lowest BCUT2D eigenvalue weighted by atomic mass is 10.1. The fraction of sp³-hybridized carbons (Fsp3) is 0.0588. The van der Waals surface area contributed by atoms with Gasteiger partial charge in [-0.1, -0.05) is 18.2 Å². The Morgan fingerprint density at radius 1 is 1.13 bits per heavy atom. The molecule has 0 aliphatic heterocycles. The molecule has 116 valence electrons. The summed E-state index contributed by atoms with van der Waals surface area (Å²) in [7, 11) is 0. The molecule has 0 aliphatic rings. The molecule has 3 aromatic rings. The fourth-order valence-corrected chi connectivity index (χ4v) is 2.54. The second kappa shape index (κ2) is 5.57. The number of rotatable bonds is 4. The van der Waals surface area contributed by atoms with Gasteiger partial charge in [-0.3, -0.25) is 4.79 Å². The highest BCUT2D eigenvalue weighted by Gasteiger charge is 2.15. The van der Waals surface area contributed by atoms with Gasteiger partial charge in [-0.05, 0) is 29.8 Å². The molecule has 0 spiro atoms. The molecule has 0 saturated heterocycles. The Hall–Kier alpha value is -3.15. The van der Waals surface area contributed by atoms with Crippen LogP contribution in [0.4, 0.5) is 4.39 Å². The van der Waals surface area contributed by atoms with Crippen LogP contribution in [0.15, 0.2) is 48.7 Å². The van der Waals surface area contributed by atoms with Gasteiger partial charge in [0.1, 0.15) is 5.82 Å². The van der Waals surface area contributed by atoms with Gasteiger partial charge >= 0.3 is 5.97 Å². The minimum atomic E-state index is -1.05. The number of benzene rings is 2. The van der Waals surface area contributed by atoms with Crippen molar-refractivity contribution in [3.63, 3.8) is 0 Å². The molecular formula is C17H13FN2O3. The van der Waals surface area contributed by atoms with Crippen molar-refractivity contribution >= 4 is 22.8 Å². The number of fused-ring (bicyclic) bond motifs is 1. The van der Waals surface area contributed by atoms with Crippen molar-refractivity contribution < 1.29 is 19.1 Å². The maximum absolute atomic E-state index is 13.0. The lowest BCUT2D eigenvalue weighted by molar-refractivity contribution is 0.0696. The number of aromatic carboxylic acids is 1. The molecule has 0 bridgehead atoms. The van der Waals surface area contributed by atoms with Crippen LogP contribution in [0.25, 0.3) is 10.9 Å². The average molecular weight is 312 g/mol. The first-order valence-corrected chi connectivity index (χ1v) is 6.86. The number of carboxylic acids is 1. The van der Waals surface area contributed by atoms with Gasteiger partial charge < -0.3 is 15.4 Å². The second-order valence-corrected chi connectivity index (χ2v) is 5.20.